The molecular formula is C18H20N2O3. The van der Waals surface area contributed by atoms with Gasteiger partial charge in [-0.3, -0.25) is 9.78 Å². The Morgan fingerprint density at radius 1 is 1.17 bits per heavy atom. The molecule has 1 amide bonds. The smallest absolute Gasteiger partial charge is 0.244 e. The number of methoxy groups -OCH3 is 2. The van der Waals surface area contributed by atoms with E-state index in [1.54, 1.807) is 26.4 Å². The number of carbonyl (C=O) groups is 1. The molecule has 5 heteroatoms. The molecule has 1 heterocycles. The molecule has 0 aliphatic carbocycles. The van der Waals surface area contributed by atoms with Crippen molar-refractivity contribution in [2.24, 2.45) is 0 Å². The first-order valence-electron chi connectivity index (χ1n) is 7.23. The fourth-order valence-electron chi connectivity index (χ4n) is 2.06. The van der Waals surface area contributed by atoms with Crippen LogP contribution in [0.2, 0.25) is 0 Å². The number of benzene rings is 1. The van der Waals surface area contributed by atoms with Gasteiger partial charge in [0.25, 0.3) is 0 Å². The van der Waals surface area contributed by atoms with E-state index < -0.39 is 0 Å². The Hall–Kier alpha value is -2.82. The molecule has 0 spiro atoms. The fraction of sp³-hybridized carbons (Fsp3) is 0.222. The summed E-state index contributed by atoms with van der Waals surface area (Å²) in [5, 5.41) is 2.80. The summed E-state index contributed by atoms with van der Waals surface area (Å²) >= 11 is 0. The van der Waals surface area contributed by atoms with E-state index in [0.29, 0.717) is 18.0 Å². The molecule has 0 aliphatic rings. The highest BCUT2D eigenvalue weighted by Gasteiger charge is 2.03. The van der Waals surface area contributed by atoms with Crippen LogP contribution in [-0.4, -0.2) is 25.1 Å². The molecule has 0 atom stereocenters. The molecule has 0 saturated heterocycles. The van der Waals surface area contributed by atoms with Crippen molar-refractivity contribution >= 4 is 12.0 Å². The summed E-state index contributed by atoms with van der Waals surface area (Å²) < 4.78 is 10.4. The maximum atomic E-state index is 11.9. The van der Waals surface area contributed by atoms with Crippen LogP contribution in [0.5, 0.6) is 11.5 Å². The number of nitrogens with zero attached hydrogens (tertiary/aromatic N) is 1. The standard InChI is InChI=1S/C18H20N2O3/c1-13-5-4-6-15(20-13)12-19-18(21)10-8-14-7-9-16(22-2)17(11-14)23-3/h4-11H,12H2,1-3H3,(H,19,21)/b10-8+. The predicted octanol–water partition coefficient (Wildman–Crippen LogP) is 2.74. The van der Waals surface area contributed by atoms with E-state index in [4.69, 9.17) is 9.47 Å². The molecule has 120 valence electrons. The molecular weight excluding hydrogens is 292 g/mol. The van der Waals surface area contributed by atoms with E-state index in [9.17, 15) is 4.79 Å². The van der Waals surface area contributed by atoms with Gasteiger partial charge in [0.2, 0.25) is 5.91 Å². The van der Waals surface area contributed by atoms with Crippen LogP contribution in [0.25, 0.3) is 6.08 Å². The van der Waals surface area contributed by atoms with Crippen molar-refractivity contribution in [3.05, 3.63) is 59.4 Å². The molecule has 1 aromatic heterocycles. The third-order valence-corrected chi connectivity index (χ3v) is 3.22. The summed E-state index contributed by atoms with van der Waals surface area (Å²) in [5.41, 5.74) is 2.61. The second-order valence-electron chi connectivity index (χ2n) is 4.94. The fourth-order valence-corrected chi connectivity index (χ4v) is 2.06. The van der Waals surface area contributed by atoms with Crippen LogP contribution in [-0.2, 0) is 11.3 Å². The second kappa shape index (κ2) is 7.98. The first kappa shape index (κ1) is 16.5. The Morgan fingerprint density at radius 2 is 1.96 bits per heavy atom. The molecule has 1 aromatic carbocycles. The number of aryl methyl sites for hydroxylation is 1. The Morgan fingerprint density at radius 3 is 2.65 bits per heavy atom. The van der Waals surface area contributed by atoms with E-state index >= 15 is 0 Å². The number of ether oxygens (including phenoxy) is 2. The Kier molecular flexibility index (Phi) is 5.74. The predicted molar refractivity (Wildman–Crippen MR) is 89.4 cm³/mol. The summed E-state index contributed by atoms with van der Waals surface area (Å²) in [7, 11) is 3.16. The van der Waals surface area contributed by atoms with Gasteiger partial charge in [0.05, 0.1) is 26.5 Å². The number of pyridine rings is 1. The van der Waals surface area contributed by atoms with Gasteiger partial charge in [-0.15, -0.1) is 0 Å². The minimum atomic E-state index is -0.178. The molecule has 5 nitrogen and oxygen atoms in total. The highest BCUT2D eigenvalue weighted by Crippen LogP contribution is 2.27. The molecule has 23 heavy (non-hydrogen) atoms. The van der Waals surface area contributed by atoms with Gasteiger partial charge in [-0.1, -0.05) is 12.1 Å². The lowest BCUT2D eigenvalue weighted by atomic mass is 10.2. The molecule has 0 unspecified atom stereocenters. The largest absolute Gasteiger partial charge is 0.493 e. The van der Waals surface area contributed by atoms with E-state index in [2.05, 4.69) is 10.3 Å². The maximum Gasteiger partial charge on any atom is 0.244 e. The van der Waals surface area contributed by atoms with Gasteiger partial charge in [-0.25, -0.2) is 0 Å². The zero-order chi connectivity index (χ0) is 16.7. The average molecular weight is 312 g/mol. The van der Waals surface area contributed by atoms with Gasteiger partial charge >= 0.3 is 0 Å². The van der Waals surface area contributed by atoms with Crippen molar-refractivity contribution < 1.29 is 14.3 Å². The lowest BCUT2D eigenvalue weighted by Crippen LogP contribution is -2.20. The lowest BCUT2D eigenvalue weighted by molar-refractivity contribution is -0.116. The van der Waals surface area contributed by atoms with Crippen LogP contribution in [0.3, 0.4) is 0 Å². The van der Waals surface area contributed by atoms with Crippen LogP contribution in [0.1, 0.15) is 17.0 Å². The van der Waals surface area contributed by atoms with E-state index in [1.807, 2.05) is 37.3 Å². The SMILES string of the molecule is COc1ccc(/C=C/C(=O)NCc2cccc(C)n2)cc1OC. The van der Waals surface area contributed by atoms with E-state index in [0.717, 1.165) is 17.0 Å². The van der Waals surface area contributed by atoms with Crippen LogP contribution in [0, 0.1) is 6.92 Å². The molecule has 0 radical (unpaired) electrons. The normalized spacial score (nSPS) is 10.6. The van der Waals surface area contributed by atoms with Gasteiger partial charge in [0, 0.05) is 11.8 Å². The highest BCUT2D eigenvalue weighted by atomic mass is 16.5. The minimum Gasteiger partial charge on any atom is -0.493 e. The number of hydrogen-bond acceptors (Lipinski definition) is 4. The number of amides is 1. The van der Waals surface area contributed by atoms with Crippen molar-refractivity contribution in [3.8, 4) is 11.5 Å². The van der Waals surface area contributed by atoms with Crippen LogP contribution < -0.4 is 14.8 Å². The number of rotatable bonds is 6. The van der Waals surface area contributed by atoms with Crippen molar-refractivity contribution in [3.63, 3.8) is 0 Å². The molecule has 2 rings (SSSR count). The number of nitrogens with one attached hydrogen (secondary N) is 1. The van der Waals surface area contributed by atoms with E-state index in [1.165, 1.54) is 6.08 Å². The van der Waals surface area contributed by atoms with Crippen molar-refractivity contribution in [1.29, 1.82) is 0 Å². The highest BCUT2D eigenvalue weighted by molar-refractivity contribution is 5.91. The Labute approximate surface area is 136 Å². The second-order valence-corrected chi connectivity index (χ2v) is 4.94. The van der Waals surface area contributed by atoms with Crippen molar-refractivity contribution in [2.75, 3.05) is 14.2 Å². The van der Waals surface area contributed by atoms with Gasteiger partial charge in [0.15, 0.2) is 11.5 Å². The maximum absolute atomic E-state index is 11.9. The van der Waals surface area contributed by atoms with Crippen LogP contribution in [0.4, 0.5) is 0 Å². The third-order valence-electron chi connectivity index (χ3n) is 3.22. The van der Waals surface area contributed by atoms with Gasteiger partial charge in [-0.05, 0) is 42.8 Å². The monoisotopic (exact) mass is 312 g/mol. The molecule has 0 saturated carbocycles. The zero-order valence-corrected chi connectivity index (χ0v) is 13.5. The topological polar surface area (TPSA) is 60.5 Å². The first-order valence-corrected chi connectivity index (χ1v) is 7.23. The Balaban J connectivity index is 1.95. The van der Waals surface area contributed by atoms with Crippen LogP contribution in [0.15, 0.2) is 42.5 Å². The zero-order valence-electron chi connectivity index (χ0n) is 13.5. The average Bonchev–Trinajstić information content (AvgIpc) is 2.57. The molecule has 0 aliphatic heterocycles. The molecule has 2 aromatic rings. The first-order chi connectivity index (χ1) is 11.1. The summed E-state index contributed by atoms with van der Waals surface area (Å²) in [6.45, 7) is 2.32. The molecule has 1 N–H and O–H groups in total. The number of aromatic nitrogens is 1. The number of hydrogen-bond donors (Lipinski definition) is 1. The summed E-state index contributed by atoms with van der Waals surface area (Å²) in [4.78, 5) is 16.2. The van der Waals surface area contributed by atoms with Crippen LogP contribution >= 0.6 is 0 Å². The summed E-state index contributed by atoms with van der Waals surface area (Å²) in [6.07, 6.45) is 3.21. The lowest BCUT2D eigenvalue weighted by Gasteiger charge is -2.07. The van der Waals surface area contributed by atoms with Gasteiger partial charge in [-0.2, -0.15) is 0 Å². The van der Waals surface area contributed by atoms with E-state index in [-0.39, 0.29) is 5.91 Å². The number of carbonyl (C=O) groups excluding carboxylic acids is 1. The van der Waals surface area contributed by atoms with Crippen molar-refractivity contribution in [2.45, 2.75) is 13.5 Å². The Bertz CT molecular complexity index is 711. The van der Waals surface area contributed by atoms with Gasteiger partial charge < -0.3 is 14.8 Å². The summed E-state index contributed by atoms with van der Waals surface area (Å²) in [5.74, 6) is 1.10. The minimum absolute atomic E-state index is 0.178. The van der Waals surface area contributed by atoms with Gasteiger partial charge in [0.1, 0.15) is 0 Å². The summed E-state index contributed by atoms with van der Waals surface area (Å²) in [6, 6.07) is 11.2. The third kappa shape index (κ3) is 4.85. The molecule has 0 fully saturated rings. The quantitative estimate of drug-likeness (QED) is 0.833. The molecule has 0 bridgehead atoms. The van der Waals surface area contributed by atoms with Crippen molar-refractivity contribution in [1.82, 2.24) is 10.3 Å².